The van der Waals surface area contributed by atoms with Gasteiger partial charge >= 0.3 is 0 Å². The van der Waals surface area contributed by atoms with E-state index in [9.17, 15) is 18.0 Å². The molecule has 0 heterocycles. The Morgan fingerprint density at radius 2 is 1.63 bits per heavy atom. The third kappa shape index (κ3) is 5.63. The van der Waals surface area contributed by atoms with Crippen molar-refractivity contribution in [3.63, 3.8) is 0 Å². The molecule has 0 radical (unpaired) electrons. The van der Waals surface area contributed by atoms with Crippen LogP contribution in [0.25, 0.3) is 0 Å². The summed E-state index contributed by atoms with van der Waals surface area (Å²) in [6.45, 7) is 3.13. The number of Topliss-reactive ketones (excluding diaryl/α,β-unsaturated/α-hetero) is 1. The largest absolute Gasteiger partial charge is 0.497 e. The molecule has 0 bridgehead atoms. The van der Waals surface area contributed by atoms with Gasteiger partial charge in [-0.3, -0.25) is 9.59 Å². The lowest BCUT2D eigenvalue weighted by atomic mass is 10.2. The highest BCUT2D eigenvalue weighted by Gasteiger charge is 2.22. The topological polar surface area (TPSA) is 102 Å². The van der Waals surface area contributed by atoms with Crippen LogP contribution in [0.1, 0.15) is 29.8 Å². The Bertz CT molecular complexity index is 906. The van der Waals surface area contributed by atoms with Gasteiger partial charge in [0, 0.05) is 12.1 Å². The van der Waals surface area contributed by atoms with E-state index in [-0.39, 0.29) is 17.2 Å². The number of ketones is 1. The number of hydrogen-bond donors (Lipinski definition) is 2. The minimum Gasteiger partial charge on any atom is -0.497 e. The number of methoxy groups -OCH3 is 1. The van der Waals surface area contributed by atoms with Gasteiger partial charge in [-0.2, -0.15) is 4.72 Å². The van der Waals surface area contributed by atoms with Crippen LogP contribution in [0.15, 0.2) is 53.4 Å². The molecule has 0 aliphatic rings. The zero-order valence-electron chi connectivity index (χ0n) is 15.4. The van der Waals surface area contributed by atoms with Crippen molar-refractivity contribution in [2.75, 3.05) is 7.11 Å². The first-order valence-electron chi connectivity index (χ1n) is 8.27. The lowest BCUT2D eigenvalue weighted by Crippen LogP contribution is -2.44. The highest BCUT2D eigenvalue weighted by molar-refractivity contribution is 7.89. The first-order valence-corrected chi connectivity index (χ1v) is 9.75. The van der Waals surface area contributed by atoms with E-state index < -0.39 is 22.0 Å². The minimum atomic E-state index is -3.88. The van der Waals surface area contributed by atoms with Crippen LogP contribution in [0.2, 0.25) is 0 Å². The molecule has 2 aromatic carbocycles. The number of benzene rings is 2. The van der Waals surface area contributed by atoms with E-state index in [1.807, 2.05) is 12.1 Å². The summed E-state index contributed by atoms with van der Waals surface area (Å²) in [6.07, 6.45) is 0. The summed E-state index contributed by atoms with van der Waals surface area (Å²) in [5, 5.41) is 2.68. The van der Waals surface area contributed by atoms with E-state index in [0.29, 0.717) is 11.3 Å². The number of hydrogen-bond acceptors (Lipinski definition) is 5. The Labute approximate surface area is 158 Å². The third-order valence-corrected chi connectivity index (χ3v) is 5.48. The first-order chi connectivity index (χ1) is 12.7. The van der Waals surface area contributed by atoms with E-state index >= 15 is 0 Å². The molecule has 0 aliphatic carbocycles. The highest BCUT2D eigenvalue weighted by Crippen LogP contribution is 2.12. The minimum absolute atomic E-state index is 0.0118. The molecule has 7 nitrogen and oxygen atoms in total. The molecule has 8 heteroatoms. The van der Waals surface area contributed by atoms with Crippen molar-refractivity contribution in [1.82, 2.24) is 10.0 Å². The van der Waals surface area contributed by atoms with Gasteiger partial charge in [-0.25, -0.2) is 8.42 Å². The maximum absolute atomic E-state index is 12.4. The van der Waals surface area contributed by atoms with Gasteiger partial charge in [-0.15, -0.1) is 0 Å². The van der Waals surface area contributed by atoms with Gasteiger partial charge in [0.1, 0.15) is 5.75 Å². The SMILES string of the molecule is COc1ccc(CNC(=O)[C@H](C)NS(=O)(=O)c2ccc(C(C)=O)cc2)cc1. The van der Waals surface area contributed by atoms with E-state index in [4.69, 9.17) is 4.74 Å². The maximum atomic E-state index is 12.4. The quantitative estimate of drug-likeness (QED) is 0.670. The molecular formula is C19H22N2O5S. The van der Waals surface area contributed by atoms with Gasteiger partial charge in [-0.1, -0.05) is 24.3 Å². The van der Waals surface area contributed by atoms with Crippen LogP contribution < -0.4 is 14.8 Å². The van der Waals surface area contributed by atoms with Crippen LogP contribution in [-0.2, 0) is 21.4 Å². The van der Waals surface area contributed by atoms with Gasteiger partial charge < -0.3 is 10.1 Å². The van der Waals surface area contributed by atoms with Crippen LogP contribution in [-0.4, -0.2) is 33.3 Å². The molecule has 1 atom stereocenters. The van der Waals surface area contributed by atoms with E-state index in [1.165, 1.54) is 38.1 Å². The summed E-state index contributed by atoms with van der Waals surface area (Å²) < 4.78 is 32.2. The van der Waals surface area contributed by atoms with Crippen molar-refractivity contribution in [3.05, 3.63) is 59.7 Å². The van der Waals surface area contributed by atoms with E-state index in [2.05, 4.69) is 10.0 Å². The number of carbonyl (C=O) groups is 2. The van der Waals surface area contributed by atoms with Crippen LogP contribution in [0.5, 0.6) is 5.75 Å². The zero-order chi connectivity index (χ0) is 20.0. The monoisotopic (exact) mass is 390 g/mol. The van der Waals surface area contributed by atoms with Crippen LogP contribution >= 0.6 is 0 Å². The van der Waals surface area contributed by atoms with Crippen molar-refractivity contribution in [2.45, 2.75) is 31.3 Å². The molecule has 2 N–H and O–H groups in total. The number of rotatable bonds is 8. The average Bonchev–Trinajstić information content (AvgIpc) is 2.66. The standard InChI is InChI=1S/C19H22N2O5S/c1-13(19(23)20-12-15-4-8-17(26-3)9-5-15)21-27(24,25)18-10-6-16(7-11-18)14(2)22/h4-11,13,21H,12H2,1-3H3,(H,20,23)/t13-/m0/s1. The van der Waals surface area contributed by atoms with Gasteiger partial charge in [-0.05, 0) is 43.7 Å². The summed E-state index contributed by atoms with van der Waals surface area (Å²) in [5.41, 5.74) is 1.28. The molecule has 144 valence electrons. The Morgan fingerprint density at radius 1 is 1.04 bits per heavy atom. The molecule has 0 saturated carbocycles. The zero-order valence-corrected chi connectivity index (χ0v) is 16.2. The van der Waals surface area contributed by atoms with Crippen molar-refractivity contribution < 1.29 is 22.7 Å². The molecule has 0 aromatic heterocycles. The normalized spacial score (nSPS) is 12.3. The second-order valence-electron chi connectivity index (χ2n) is 5.99. The first kappa shape index (κ1) is 20.6. The molecule has 0 saturated heterocycles. The predicted molar refractivity (Wildman–Crippen MR) is 101 cm³/mol. The lowest BCUT2D eigenvalue weighted by molar-refractivity contribution is -0.122. The summed E-state index contributed by atoms with van der Waals surface area (Å²) >= 11 is 0. The van der Waals surface area contributed by atoms with Gasteiger partial charge in [0.15, 0.2) is 5.78 Å². The molecule has 1 amide bonds. The average molecular weight is 390 g/mol. The molecule has 2 rings (SSSR count). The van der Waals surface area contributed by atoms with E-state index in [0.717, 1.165) is 5.56 Å². The molecule has 0 spiro atoms. The highest BCUT2D eigenvalue weighted by atomic mass is 32.2. The van der Waals surface area contributed by atoms with Crippen LogP contribution in [0.4, 0.5) is 0 Å². The van der Waals surface area contributed by atoms with E-state index in [1.54, 1.807) is 19.2 Å². The van der Waals surface area contributed by atoms with Gasteiger partial charge in [0.2, 0.25) is 15.9 Å². The predicted octanol–water partition coefficient (Wildman–Crippen LogP) is 1.88. The summed E-state index contributed by atoms with van der Waals surface area (Å²) in [5.74, 6) is 0.106. The Balaban J connectivity index is 1.96. The fourth-order valence-corrected chi connectivity index (χ4v) is 3.51. The van der Waals surface area contributed by atoms with Gasteiger partial charge in [0.25, 0.3) is 0 Å². The summed E-state index contributed by atoms with van der Waals surface area (Å²) in [4.78, 5) is 23.4. The number of sulfonamides is 1. The number of carbonyl (C=O) groups excluding carboxylic acids is 2. The molecule has 0 aliphatic heterocycles. The van der Waals surface area contributed by atoms with Crippen molar-refractivity contribution >= 4 is 21.7 Å². The third-order valence-electron chi connectivity index (χ3n) is 3.92. The Morgan fingerprint density at radius 3 is 2.15 bits per heavy atom. The Hall–Kier alpha value is -2.71. The smallest absolute Gasteiger partial charge is 0.241 e. The van der Waals surface area contributed by atoms with Crippen LogP contribution in [0.3, 0.4) is 0 Å². The van der Waals surface area contributed by atoms with Crippen LogP contribution in [0, 0.1) is 0 Å². The molecule has 0 fully saturated rings. The Kier molecular flexibility index (Phi) is 6.70. The maximum Gasteiger partial charge on any atom is 0.241 e. The number of nitrogens with one attached hydrogen (secondary N) is 2. The number of amides is 1. The van der Waals surface area contributed by atoms with Gasteiger partial charge in [0.05, 0.1) is 18.0 Å². The van der Waals surface area contributed by atoms with Crippen molar-refractivity contribution in [3.8, 4) is 5.75 Å². The molecule has 27 heavy (non-hydrogen) atoms. The molecule has 2 aromatic rings. The molecule has 0 unspecified atom stereocenters. The van der Waals surface area contributed by atoms with Crippen molar-refractivity contribution in [1.29, 1.82) is 0 Å². The fraction of sp³-hybridized carbons (Fsp3) is 0.263. The second-order valence-corrected chi connectivity index (χ2v) is 7.70. The van der Waals surface area contributed by atoms with Crippen molar-refractivity contribution in [2.24, 2.45) is 0 Å². The fourth-order valence-electron chi connectivity index (χ4n) is 2.31. The summed E-state index contributed by atoms with van der Waals surface area (Å²) in [7, 11) is -2.31. The second kappa shape index (κ2) is 8.79. The lowest BCUT2D eigenvalue weighted by Gasteiger charge is -2.15. The number of ether oxygens (including phenoxy) is 1. The summed E-state index contributed by atoms with van der Waals surface area (Å²) in [6, 6.07) is 11.8. The molecular weight excluding hydrogens is 368 g/mol.